The van der Waals surface area contributed by atoms with Crippen LogP contribution in [0, 0.1) is 13.8 Å². The van der Waals surface area contributed by atoms with E-state index in [0.29, 0.717) is 6.04 Å². The molecular formula is C12H18ClN. The number of rotatable bonds is 3. The number of nitrogens with one attached hydrogen (secondary N) is 1. The summed E-state index contributed by atoms with van der Waals surface area (Å²) in [5, 5.41) is 4.25. The van der Waals surface area contributed by atoms with Crippen LogP contribution in [0.5, 0.6) is 0 Å². The van der Waals surface area contributed by atoms with Crippen LogP contribution >= 0.6 is 11.6 Å². The molecule has 1 nitrogen and oxygen atoms in total. The lowest BCUT2D eigenvalue weighted by Gasteiger charge is -2.17. The summed E-state index contributed by atoms with van der Waals surface area (Å²) in [5.74, 6) is 0. The van der Waals surface area contributed by atoms with Gasteiger partial charge < -0.3 is 5.32 Å². The lowest BCUT2D eigenvalue weighted by atomic mass is 10.1. The van der Waals surface area contributed by atoms with Crippen molar-refractivity contribution in [2.45, 2.75) is 40.2 Å². The molecule has 78 valence electrons. The molecule has 0 heterocycles. The highest BCUT2D eigenvalue weighted by Gasteiger charge is 2.07. The summed E-state index contributed by atoms with van der Waals surface area (Å²) < 4.78 is 0. The van der Waals surface area contributed by atoms with Gasteiger partial charge in [-0.2, -0.15) is 0 Å². The van der Waals surface area contributed by atoms with E-state index in [1.54, 1.807) is 0 Å². The molecule has 2 heteroatoms. The van der Waals surface area contributed by atoms with Crippen molar-refractivity contribution in [1.82, 2.24) is 0 Å². The van der Waals surface area contributed by atoms with Crippen LogP contribution in [0.3, 0.4) is 0 Å². The summed E-state index contributed by atoms with van der Waals surface area (Å²) in [4.78, 5) is 0. The van der Waals surface area contributed by atoms with Gasteiger partial charge in [0.1, 0.15) is 0 Å². The highest BCUT2D eigenvalue weighted by atomic mass is 35.5. The third kappa shape index (κ3) is 2.65. The van der Waals surface area contributed by atoms with Gasteiger partial charge in [-0.05, 0) is 44.4 Å². The molecule has 1 rings (SSSR count). The molecule has 14 heavy (non-hydrogen) atoms. The maximum absolute atomic E-state index is 6.17. The maximum Gasteiger partial charge on any atom is 0.0642 e. The third-order valence-corrected chi connectivity index (χ3v) is 2.73. The van der Waals surface area contributed by atoms with Crippen molar-refractivity contribution in [2.24, 2.45) is 0 Å². The number of hydrogen-bond donors (Lipinski definition) is 1. The Kier molecular flexibility index (Phi) is 3.82. The molecule has 1 atom stereocenters. The van der Waals surface area contributed by atoms with Gasteiger partial charge in [0, 0.05) is 6.04 Å². The van der Waals surface area contributed by atoms with Crippen molar-refractivity contribution in [3.05, 3.63) is 28.3 Å². The Morgan fingerprint density at radius 1 is 1.36 bits per heavy atom. The Hall–Kier alpha value is -0.690. The fourth-order valence-corrected chi connectivity index (χ4v) is 1.82. The lowest BCUT2D eigenvalue weighted by molar-refractivity contribution is 0.763. The van der Waals surface area contributed by atoms with E-state index in [9.17, 15) is 0 Å². The van der Waals surface area contributed by atoms with Crippen molar-refractivity contribution in [3.63, 3.8) is 0 Å². The van der Waals surface area contributed by atoms with E-state index in [1.807, 2.05) is 6.07 Å². The van der Waals surface area contributed by atoms with Crippen LogP contribution in [0.1, 0.15) is 31.4 Å². The van der Waals surface area contributed by atoms with E-state index < -0.39 is 0 Å². The standard InChI is InChI=1S/C12H18ClN/c1-5-10(4)14-12-9(3)6-8(2)7-11(12)13/h6-7,10,14H,5H2,1-4H3. The summed E-state index contributed by atoms with van der Waals surface area (Å²) in [6.07, 6.45) is 1.10. The van der Waals surface area contributed by atoms with Gasteiger partial charge in [-0.1, -0.05) is 24.6 Å². The van der Waals surface area contributed by atoms with Crippen LogP contribution in [0.4, 0.5) is 5.69 Å². The zero-order chi connectivity index (χ0) is 10.7. The first-order valence-corrected chi connectivity index (χ1v) is 5.45. The first-order valence-electron chi connectivity index (χ1n) is 5.08. The van der Waals surface area contributed by atoms with E-state index in [-0.39, 0.29) is 0 Å². The maximum atomic E-state index is 6.17. The van der Waals surface area contributed by atoms with Gasteiger partial charge in [0.05, 0.1) is 10.7 Å². The summed E-state index contributed by atoms with van der Waals surface area (Å²) >= 11 is 6.17. The lowest BCUT2D eigenvalue weighted by Crippen LogP contribution is -2.14. The topological polar surface area (TPSA) is 12.0 Å². The molecule has 0 bridgehead atoms. The number of aryl methyl sites for hydroxylation is 2. The Morgan fingerprint density at radius 2 is 2.00 bits per heavy atom. The summed E-state index contributed by atoms with van der Waals surface area (Å²) in [6.45, 7) is 8.47. The highest BCUT2D eigenvalue weighted by Crippen LogP contribution is 2.28. The highest BCUT2D eigenvalue weighted by molar-refractivity contribution is 6.33. The molecular weight excluding hydrogens is 194 g/mol. The zero-order valence-corrected chi connectivity index (χ0v) is 10.1. The smallest absolute Gasteiger partial charge is 0.0642 e. The fraction of sp³-hybridized carbons (Fsp3) is 0.500. The van der Waals surface area contributed by atoms with Crippen LogP contribution in [0.15, 0.2) is 12.1 Å². The molecule has 0 aliphatic carbocycles. The molecule has 0 amide bonds. The molecule has 0 saturated carbocycles. The normalized spacial score (nSPS) is 12.6. The molecule has 0 aliphatic rings. The first-order chi connectivity index (χ1) is 6.54. The number of hydrogen-bond acceptors (Lipinski definition) is 1. The van der Waals surface area contributed by atoms with E-state index in [4.69, 9.17) is 11.6 Å². The van der Waals surface area contributed by atoms with E-state index in [0.717, 1.165) is 17.1 Å². The predicted octanol–water partition coefficient (Wildman–Crippen LogP) is 4.17. The van der Waals surface area contributed by atoms with Crippen LogP contribution < -0.4 is 5.32 Å². The Labute approximate surface area is 91.5 Å². The van der Waals surface area contributed by atoms with Crippen LogP contribution in [0.2, 0.25) is 5.02 Å². The van der Waals surface area contributed by atoms with Crippen molar-refractivity contribution < 1.29 is 0 Å². The quantitative estimate of drug-likeness (QED) is 0.792. The Morgan fingerprint density at radius 3 is 2.50 bits per heavy atom. The zero-order valence-electron chi connectivity index (χ0n) is 9.32. The van der Waals surface area contributed by atoms with Crippen molar-refractivity contribution in [1.29, 1.82) is 0 Å². The molecule has 0 radical (unpaired) electrons. The molecule has 0 spiro atoms. The van der Waals surface area contributed by atoms with Crippen LogP contribution in [-0.4, -0.2) is 6.04 Å². The van der Waals surface area contributed by atoms with Crippen molar-refractivity contribution >= 4 is 17.3 Å². The molecule has 1 aromatic carbocycles. The molecule has 0 aliphatic heterocycles. The van der Waals surface area contributed by atoms with Crippen LogP contribution in [0.25, 0.3) is 0 Å². The molecule has 1 aromatic rings. The number of anilines is 1. The minimum atomic E-state index is 0.467. The van der Waals surface area contributed by atoms with Gasteiger partial charge in [-0.25, -0.2) is 0 Å². The molecule has 0 aromatic heterocycles. The third-order valence-electron chi connectivity index (χ3n) is 2.43. The summed E-state index contributed by atoms with van der Waals surface area (Å²) in [6, 6.07) is 4.62. The van der Waals surface area contributed by atoms with Gasteiger partial charge in [-0.15, -0.1) is 0 Å². The number of halogens is 1. The largest absolute Gasteiger partial charge is 0.381 e. The minimum Gasteiger partial charge on any atom is -0.381 e. The average Bonchev–Trinajstić information content (AvgIpc) is 2.10. The van der Waals surface area contributed by atoms with Gasteiger partial charge in [0.25, 0.3) is 0 Å². The monoisotopic (exact) mass is 211 g/mol. The average molecular weight is 212 g/mol. The Balaban J connectivity index is 2.96. The van der Waals surface area contributed by atoms with Gasteiger partial charge in [0.15, 0.2) is 0 Å². The predicted molar refractivity (Wildman–Crippen MR) is 64.3 cm³/mol. The molecule has 0 fully saturated rings. The van der Waals surface area contributed by atoms with E-state index in [2.05, 4.69) is 39.1 Å². The summed E-state index contributed by atoms with van der Waals surface area (Å²) in [7, 11) is 0. The fourth-order valence-electron chi connectivity index (χ4n) is 1.45. The van der Waals surface area contributed by atoms with Crippen molar-refractivity contribution in [2.75, 3.05) is 5.32 Å². The second-order valence-corrected chi connectivity index (χ2v) is 4.30. The SMILES string of the molecule is CCC(C)Nc1c(C)cc(C)cc1Cl. The van der Waals surface area contributed by atoms with Crippen molar-refractivity contribution in [3.8, 4) is 0 Å². The first kappa shape index (κ1) is 11.4. The summed E-state index contributed by atoms with van der Waals surface area (Å²) in [5.41, 5.74) is 3.50. The van der Waals surface area contributed by atoms with Gasteiger partial charge in [0.2, 0.25) is 0 Å². The van der Waals surface area contributed by atoms with E-state index in [1.165, 1.54) is 11.1 Å². The second-order valence-electron chi connectivity index (χ2n) is 3.89. The molecule has 0 saturated heterocycles. The minimum absolute atomic E-state index is 0.467. The van der Waals surface area contributed by atoms with E-state index >= 15 is 0 Å². The molecule has 1 unspecified atom stereocenters. The van der Waals surface area contributed by atoms with Crippen LogP contribution in [-0.2, 0) is 0 Å². The number of benzene rings is 1. The van der Waals surface area contributed by atoms with Gasteiger partial charge in [-0.3, -0.25) is 0 Å². The molecule has 1 N–H and O–H groups in total. The second kappa shape index (κ2) is 4.70. The Bertz CT molecular complexity index is 297. The van der Waals surface area contributed by atoms with Gasteiger partial charge >= 0.3 is 0 Å².